The van der Waals surface area contributed by atoms with Crippen LogP contribution in [0.4, 0.5) is 0 Å². The van der Waals surface area contributed by atoms with Crippen molar-refractivity contribution in [3.05, 3.63) is 0 Å². The van der Waals surface area contributed by atoms with Gasteiger partial charge in [-0.05, 0) is 32.6 Å². The molecule has 2 fully saturated rings. The number of guanidine groups is 1. The number of rotatable bonds is 5. The number of carbonyl (C=O) groups excluding carboxylic acids is 1. The standard InChI is InChI=1S/C16H31N5O.HI/c1-11(2)21-9-12(3)14(10-21)19-16(18-13-6-7-13)17-8-15(22)20(4)5;/h11-14H,6-10H2,1-5H3,(H2,17,18,19);1H. The summed E-state index contributed by atoms with van der Waals surface area (Å²) in [6.07, 6.45) is 2.39. The van der Waals surface area contributed by atoms with Gasteiger partial charge in [-0.25, -0.2) is 4.99 Å². The quantitative estimate of drug-likeness (QED) is 0.385. The van der Waals surface area contributed by atoms with E-state index in [1.54, 1.807) is 19.0 Å². The number of carbonyl (C=O) groups is 1. The van der Waals surface area contributed by atoms with Crippen molar-refractivity contribution in [2.24, 2.45) is 10.9 Å². The zero-order valence-electron chi connectivity index (χ0n) is 15.0. The number of likely N-dealkylation sites (tertiary alicyclic amines) is 1. The number of amides is 1. The van der Waals surface area contributed by atoms with E-state index in [0.717, 1.165) is 19.0 Å². The Kier molecular flexibility index (Phi) is 8.06. The molecule has 7 heteroatoms. The fourth-order valence-corrected chi connectivity index (χ4v) is 2.63. The Morgan fingerprint density at radius 1 is 1.26 bits per heavy atom. The summed E-state index contributed by atoms with van der Waals surface area (Å²) in [5.41, 5.74) is 0. The van der Waals surface area contributed by atoms with Crippen molar-refractivity contribution in [3.8, 4) is 0 Å². The minimum atomic E-state index is 0. The number of likely N-dealkylation sites (N-methyl/N-ethyl adjacent to an activating group) is 1. The maximum Gasteiger partial charge on any atom is 0.243 e. The van der Waals surface area contributed by atoms with E-state index in [1.807, 2.05) is 0 Å². The summed E-state index contributed by atoms with van der Waals surface area (Å²) in [4.78, 5) is 20.3. The normalized spacial score (nSPS) is 25.2. The number of halogens is 1. The molecule has 6 nitrogen and oxygen atoms in total. The molecule has 0 radical (unpaired) electrons. The molecule has 0 aromatic carbocycles. The molecule has 0 aromatic heterocycles. The predicted molar refractivity (Wildman–Crippen MR) is 105 cm³/mol. The van der Waals surface area contributed by atoms with Crippen molar-refractivity contribution >= 4 is 35.8 Å². The first-order chi connectivity index (χ1) is 10.4. The van der Waals surface area contributed by atoms with Gasteiger partial charge < -0.3 is 15.5 Å². The number of hydrogen-bond donors (Lipinski definition) is 2. The predicted octanol–water partition coefficient (Wildman–Crippen LogP) is 1.12. The molecule has 1 aliphatic heterocycles. The Labute approximate surface area is 157 Å². The fourth-order valence-electron chi connectivity index (χ4n) is 2.63. The topological polar surface area (TPSA) is 60.0 Å². The number of nitrogens with one attached hydrogen (secondary N) is 2. The van der Waals surface area contributed by atoms with Gasteiger partial charge >= 0.3 is 0 Å². The molecule has 1 heterocycles. The molecule has 1 aliphatic carbocycles. The molecular formula is C16H32IN5O. The molecule has 0 spiro atoms. The molecule has 2 N–H and O–H groups in total. The molecule has 23 heavy (non-hydrogen) atoms. The van der Waals surface area contributed by atoms with Crippen LogP contribution < -0.4 is 10.6 Å². The summed E-state index contributed by atoms with van der Waals surface area (Å²) in [5, 5.41) is 6.97. The van der Waals surface area contributed by atoms with Crippen LogP contribution in [0.25, 0.3) is 0 Å². The summed E-state index contributed by atoms with van der Waals surface area (Å²) in [5.74, 6) is 1.40. The first-order valence-corrected chi connectivity index (χ1v) is 8.38. The lowest BCUT2D eigenvalue weighted by molar-refractivity contribution is -0.127. The maximum absolute atomic E-state index is 11.7. The summed E-state index contributed by atoms with van der Waals surface area (Å²) < 4.78 is 0. The van der Waals surface area contributed by atoms with Crippen LogP contribution in [-0.2, 0) is 4.79 Å². The number of hydrogen-bond acceptors (Lipinski definition) is 3. The third-order valence-electron chi connectivity index (χ3n) is 4.48. The minimum Gasteiger partial charge on any atom is -0.354 e. The second kappa shape index (κ2) is 9.05. The summed E-state index contributed by atoms with van der Waals surface area (Å²) in [6.45, 7) is 9.10. The average Bonchev–Trinajstić information content (AvgIpc) is 3.18. The Morgan fingerprint density at radius 3 is 2.39 bits per heavy atom. The molecule has 2 aliphatic rings. The van der Waals surface area contributed by atoms with E-state index in [4.69, 9.17) is 0 Å². The zero-order chi connectivity index (χ0) is 16.3. The first kappa shape index (κ1) is 20.5. The molecular weight excluding hydrogens is 405 g/mol. The van der Waals surface area contributed by atoms with E-state index in [9.17, 15) is 4.79 Å². The molecule has 1 amide bonds. The van der Waals surface area contributed by atoms with Crippen molar-refractivity contribution in [2.75, 3.05) is 33.7 Å². The van der Waals surface area contributed by atoms with Crippen LogP contribution in [0.2, 0.25) is 0 Å². The lowest BCUT2D eigenvalue weighted by Gasteiger charge is -2.22. The smallest absolute Gasteiger partial charge is 0.243 e. The Morgan fingerprint density at radius 2 is 1.91 bits per heavy atom. The van der Waals surface area contributed by atoms with Gasteiger partial charge in [0.15, 0.2) is 5.96 Å². The maximum atomic E-state index is 11.7. The molecule has 1 saturated carbocycles. The zero-order valence-corrected chi connectivity index (χ0v) is 17.3. The second-order valence-electron chi connectivity index (χ2n) is 7.15. The number of aliphatic imine (C=N–C) groups is 1. The van der Waals surface area contributed by atoms with Gasteiger partial charge in [-0.15, -0.1) is 24.0 Å². The van der Waals surface area contributed by atoms with Crippen molar-refractivity contribution < 1.29 is 4.79 Å². The summed E-state index contributed by atoms with van der Waals surface area (Å²) in [6, 6.07) is 1.49. The van der Waals surface area contributed by atoms with Gasteiger partial charge in [0, 0.05) is 45.3 Å². The first-order valence-electron chi connectivity index (χ1n) is 8.38. The second-order valence-corrected chi connectivity index (χ2v) is 7.15. The van der Waals surface area contributed by atoms with Crippen molar-refractivity contribution in [1.29, 1.82) is 0 Å². The lowest BCUT2D eigenvalue weighted by atomic mass is 10.1. The lowest BCUT2D eigenvalue weighted by Crippen LogP contribution is -2.48. The van der Waals surface area contributed by atoms with Gasteiger partial charge in [0.2, 0.25) is 5.91 Å². The van der Waals surface area contributed by atoms with Gasteiger partial charge in [-0.3, -0.25) is 9.69 Å². The third-order valence-corrected chi connectivity index (χ3v) is 4.48. The van der Waals surface area contributed by atoms with Crippen molar-refractivity contribution in [3.63, 3.8) is 0 Å². The highest BCUT2D eigenvalue weighted by Crippen LogP contribution is 2.20. The van der Waals surface area contributed by atoms with E-state index in [2.05, 4.69) is 41.3 Å². The van der Waals surface area contributed by atoms with Crippen LogP contribution in [0.5, 0.6) is 0 Å². The van der Waals surface area contributed by atoms with Crippen LogP contribution in [0.15, 0.2) is 4.99 Å². The largest absolute Gasteiger partial charge is 0.354 e. The Hall–Kier alpha value is -0.570. The van der Waals surface area contributed by atoms with Crippen molar-refractivity contribution in [1.82, 2.24) is 20.4 Å². The molecule has 0 aromatic rings. The molecule has 2 unspecified atom stereocenters. The Balaban J connectivity index is 0.00000264. The molecule has 1 saturated heterocycles. The summed E-state index contributed by atoms with van der Waals surface area (Å²) >= 11 is 0. The monoisotopic (exact) mass is 437 g/mol. The van der Waals surface area contributed by atoms with Crippen LogP contribution in [0, 0.1) is 5.92 Å². The van der Waals surface area contributed by atoms with Crippen LogP contribution in [-0.4, -0.2) is 73.5 Å². The molecule has 0 bridgehead atoms. The molecule has 2 atom stereocenters. The van der Waals surface area contributed by atoms with Gasteiger partial charge in [-0.1, -0.05) is 6.92 Å². The van der Waals surface area contributed by atoms with Crippen LogP contribution in [0.3, 0.4) is 0 Å². The van der Waals surface area contributed by atoms with E-state index >= 15 is 0 Å². The highest BCUT2D eigenvalue weighted by atomic mass is 127. The van der Waals surface area contributed by atoms with Gasteiger partial charge in [0.25, 0.3) is 0 Å². The van der Waals surface area contributed by atoms with E-state index in [1.165, 1.54) is 12.8 Å². The van der Waals surface area contributed by atoms with Crippen molar-refractivity contribution in [2.45, 2.75) is 51.7 Å². The Bertz CT molecular complexity index is 423. The van der Waals surface area contributed by atoms with Gasteiger partial charge in [-0.2, -0.15) is 0 Å². The molecule has 134 valence electrons. The summed E-state index contributed by atoms with van der Waals surface area (Å²) in [7, 11) is 3.53. The third kappa shape index (κ3) is 6.45. The number of nitrogens with zero attached hydrogens (tertiary/aromatic N) is 3. The van der Waals surface area contributed by atoms with E-state index < -0.39 is 0 Å². The highest BCUT2D eigenvalue weighted by Gasteiger charge is 2.32. The van der Waals surface area contributed by atoms with E-state index in [0.29, 0.717) is 24.0 Å². The van der Waals surface area contributed by atoms with Gasteiger partial charge in [0.05, 0.1) is 0 Å². The average molecular weight is 437 g/mol. The SMILES string of the molecule is CC1CN(C(C)C)CC1NC(=NCC(=O)N(C)C)NC1CC1.I. The van der Waals surface area contributed by atoms with Crippen LogP contribution in [0.1, 0.15) is 33.6 Å². The van der Waals surface area contributed by atoms with E-state index in [-0.39, 0.29) is 36.4 Å². The minimum absolute atomic E-state index is 0. The highest BCUT2D eigenvalue weighted by molar-refractivity contribution is 14.0. The fraction of sp³-hybridized carbons (Fsp3) is 0.875. The van der Waals surface area contributed by atoms with Crippen LogP contribution >= 0.6 is 24.0 Å². The molecule has 2 rings (SSSR count). The van der Waals surface area contributed by atoms with Gasteiger partial charge in [0.1, 0.15) is 6.54 Å².